The summed E-state index contributed by atoms with van der Waals surface area (Å²) in [6.45, 7) is 0. The highest BCUT2D eigenvalue weighted by molar-refractivity contribution is 5.92. The number of nitrogens with one attached hydrogen (secondary N) is 1. The Labute approximate surface area is 160 Å². The van der Waals surface area contributed by atoms with Gasteiger partial charge in [-0.15, -0.1) is 0 Å². The molecule has 0 aliphatic rings. The molecule has 0 aliphatic carbocycles. The number of hydrogen-bond acceptors (Lipinski definition) is 7. The van der Waals surface area contributed by atoms with Crippen LogP contribution in [0.3, 0.4) is 0 Å². The van der Waals surface area contributed by atoms with Crippen molar-refractivity contribution in [2.75, 3.05) is 19.5 Å². The van der Waals surface area contributed by atoms with Crippen LogP contribution < -0.4 is 14.8 Å². The molecule has 0 aliphatic heterocycles. The lowest BCUT2D eigenvalue weighted by Crippen LogP contribution is -2.14. The van der Waals surface area contributed by atoms with E-state index in [0.29, 0.717) is 28.6 Å². The zero-order chi connectivity index (χ0) is 20.1. The van der Waals surface area contributed by atoms with Crippen LogP contribution in [0.1, 0.15) is 5.69 Å². The SMILES string of the molecule is COc1ccc(-c2cc(CC(=O)Nc3cccc([N+](=O)[O-])c3)no2)cc1OC. The number of nitro groups is 1. The molecule has 0 bridgehead atoms. The van der Waals surface area contributed by atoms with E-state index in [1.807, 2.05) is 0 Å². The molecule has 9 heteroatoms. The van der Waals surface area contributed by atoms with Crippen LogP contribution in [0.25, 0.3) is 11.3 Å². The highest BCUT2D eigenvalue weighted by Crippen LogP contribution is 2.32. The van der Waals surface area contributed by atoms with Crippen molar-refractivity contribution >= 4 is 17.3 Å². The van der Waals surface area contributed by atoms with Crippen LogP contribution in [0.15, 0.2) is 53.1 Å². The Morgan fingerprint density at radius 2 is 1.93 bits per heavy atom. The van der Waals surface area contributed by atoms with Crippen LogP contribution >= 0.6 is 0 Å². The van der Waals surface area contributed by atoms with Gasteiger partial charge in [0.1, 0.15) is 0 Å². The van der Waals surface area contributed by atoms with Crippen molar-refractivity contribution in [1.82, 2.24) is 5.16 Å². The second-order valence-electron chi connectivity index (χ2n) is 5.78. The monoisotopic (exact) mass is 383 g/mol. The summed E-state index contributed by atoms with van der Waals surface area (Å²) in [5.74, 6) is 1.23. The summed E-state index contributed by atoms with van der Waals surface area (Å²) in [5.41, 5.74) is 1.38. The van der Waals surface area contributed by atoms with Crippen molar-refractivity contribution in [2.45, 2.75) is 6.42 Å². The average Bonchev–Trinajstić information content (AvgIpc) is 3.15. The first-order valence-electron chi connectivity index (χ1n) is 8.22. The molecule has 2 aromatic carbocycles. The van der Waals surface area contributed by atoms with Crippen LogP contribution in [0.4, 0.5) is 11.4 Å². The zero-order valence-corrected chi connectivity index (χ0v) is 15.2. The Morgan fingerprint density at radius 1 is 1.14 bits per heavy atom. The lowest BCUT2D eigenvalue weighted by atomic mass is 10.1. The molecule has 3 aromatic rings. The van der Waals surface area contributed by atoms with Crippen LogP contribution in [-0.4, -0.2) is 30.2 Å². The van der Waals surface area contributed by atoms with Crippen LogP contribution in [0.2, 0.25) is 0 Å². The molecule has 0 fully saturated rings. The van der Waals surface area contributed by atoms with Gasteiger partial charge < -0.3 is 19.3 Å². The van der Waals surface area contributed by atoms with E-state index in [-0.39, 0.29) is 18.0 Å². The topological polar surface area (TPSA) is 117 Å². The van der Waals surface area contributed by atoms with E-state index < -0.39 is 4.92 Å². The number of rotatable bonds is 7. The van der Waals surface area contributed by atoms with E-state index in [1.54, 1.807) is 37.4 Å². The summed E-state index contributed by atoms with van der Waals surface area (Å²) in [6.07, 6.45) is -0.0422. The Kier molecular flexibility index (Phi) is 5.54. The average molecular weight is 383 g/mol. The molecule has 28 heavy (non-hydrogen) atoms. The quantitative estimate of drug-likeness (QED) is 0.490. The lowest BCUT2D eigenvalue weighted by Gasteiger charge is -2.07. The van der Waals surface area contributed by atoms with Crippen molar-refractivity contribution in [3.8, 4) is 22.8 Å². The minimum atomic E-state index is -0.525. The second kappa shape index (κ2) is 8.21. The highest BCUT2D eigenvalue weighted by Gasteiger charge is 2.14. The Bertz CT molecular complexity index is 1010. The number of anilines is 1. The van der Waals surface area contributed by atoms with Gasteiger partial charge in [-0.25, -0.2) is 0 Å². The van der Waals surface area contributed by atoms with Gasteiger partial charge in [0.25, 0.3) is 5.69 Å². The van der Waals surface area contributed by atoms with Gasteiger partial charge in [-0.3, -0.25) is 14.9 Å². The van der Waals surface area contributed by atoms with Crippen molar-refractivity contribution in [3.63, 3.8) is 0 Å². The number of carbonyl (C=O) groups is 1. The molecule has 0 saturated heterocycles. The zero-order valence-electron chi connectivity index (χ0n) is 15.2. The smallest absolute Gasteiger partial charge is 0.271 e. The predicted molar refractivity (Wildman–Crippen MR) is 100 cm³/mol. The molecule has 0 saturated carbocycles. The van der Waals surface area contributed by atoms with Gasteiger partial charge >= 0.3 is 0 Å². The van der Waals surface area contributed by atoms with Crippen molar-refractivity contribution in [1.29, 1.82) is 0 Å². The van der Waals surface area contributed by atoms with Crippen LogP contribution in [0, 0.1) is 10.1 Å². The largest absolute Gasteiger partial charge is 0.493 e. The number of nitro benzene ring substituents is 1. The third-order valence-electron chi connectivity index (χ3n) is 3.91. The molecule has 3 rings (SSSR count). The molecular formula is C19H17N3O6. The van der Waals surface area contributed by atoms with Gasteiger partial charge in [-0.2, -0.15) is 0 Å². The molecule has 1 N–H and O–H groups in total. The number of non-ortho nitro benzene ring substituents is 1. The maximum atomic E-state index is 12.2. The van der Waals surface area contributed by atoms with Crippen LogP contribution in [-0.2, 0) is 11.2 Å². The molecule has 1 aromatic heterocycles. The van der Waals surface area contributed by atoms with Gasteiger partial charge in [0.15, 0.2) is 17.3 Å². The maximum Gasteiger partial charge on any atom is 0.271 e. The lowest BCUT2D eigenvalue weighted by molar-refractivity contribution is -0.384. The van der Waals surface area contributed by atoms with Gasteiger partial charge in [0, 0.05) is 29.4 Å². The number of nitrogens with zero attached hydrogens (tertiary/aromatic N) is 2. The minimum absolute atomic E-state index is 0.0422. The van der Waals surface area contributed by atoms with Gasteiger partial charge in [0.2, 0.25) is 5.91 Å². The highest BCUT2D eigenvalue weighted by atomic mass is 16.6. The van der Waals surface area contributed by atoms with E-state index in [0.717, 1.165) is 5.56 Å². The van der Waals surface area contributed by atoms with Crippen molar-refractivity contribution < 1.29 is 23.7 Å². The van der Waals surface area contributed by atoms with E-state index in [1.165, 1.54) is 25.3 Å². The van der Waals surface area contributed by atoms with E-state index in [4.69, 9.17) is 14.0 Å². The fourth-order valence-electron chi connectivity index (χ4n) is 2.59. The fraction of sp³-hybridized carbons (Fsp3) is 0.158. The predicted octanol–water partition coefficient (Wildman–Crippen LogP) is 3.45. The summed E-state index contributed by atoms with van der Waals surface area (Å²) in [6, 6.07) is 12.6. The van der Waals surface area contributed by atoms with Crippen molar-refractivity contribution in [2.24, 2.45) is 0 Å². The Morgan fingerprint density at radius 3 is 2.64 bits per heavy atom. The normalized spacial score (nSPS) is 10.4. The first-order chi connectivity index (χ1) is 13.5. The molecule has 9 nitrogen and oxygen atoms in total. The molecule has 144 valence electrons. The molecule has 0 unspecified atom stereocenters. The summed E-state index contributed by atoms with van der Waals surface area (Å²) in [4.78, 5) is 22.5. The molecule has 0 radical (unpaired) electrons. The summed E-state index contributed by atoms with van der Waals surface area (Å²) in [5, 5.41) is 17.3. The first-order valence-corrected chi connectivity index (χ1v) is 8.22. The standard InChI is InChI=1S/C19H17N3O6/c1-26-16-7-6-12(8-18(16)27-2)17-10-14(21-28-17)11-19(23)20-13-4-3-5-15(9-13)22(24)25/h3-10H,11H2,1-2H3,(H,20,23). The maximum absolute atomic E-state index is 12.2. The minimum Gasteiger partial charge on any atom is -0.493 e. The fourth-order valence-corrected chi connectivity index (χ4v) is 2.59. The Balaban J connectivity index is 1.70. The first kappa shape index (κ1) is 18.9. The van der Waals surface area contributed by atoms with Crippen LogP contribution in [0.5, 0.6) is 11.5 Å². The number of ether oxygens (including phenoxy) is 2. The van der Waals surface area contributed by atoms with Gasteiger partial charge in [0.05, 0.1) is 31.3 Å². The number of carbonyl (C=O) groups excluding carboxylic acids is 1. The number of amides is 1. The number of hydrogen-bond donors (Lipinski definition) is 1. The summed E-state index contributed by atoms with van der Waals surface area (Å²) in [7, 11) is 3.08. The summed E-state index contributed by atoms with van der Waals surface area (Å²) >= 11 is 0. The van der Waals surface area contributed by atoms with Gasteiger partial charge in [-0.05, 0) is 24.3 Å². The molecule has 1 amide bonds. The summed E-state index contributed by atoms with van der Waals surface area (Å²) < 4.78 is 15.8. The second-order valence-corrected chi connectivity index (χ2v) is 5.78. The molecule has 0 spiro atoms. The third-order valence-corrected chi connectivity index (χ3v) is 3.91. The number of benzene rings is 2. The number of aromatic nitrogens is 1. The Hall–Kier alpha value is -3.88. The van der Waals surface area contributed by atoms with E-state index in [9.17, 15) is 14.9 Å². The van der Waals surface area contributed by atoms with Gasteiger partial charge in [-0.1, -0.05) is 11.2 Å². The third kappa shape index (κ3) is 4.26. The van der Waals surface area contributed by atoms with Crippen molar-refractivity contribution in [3.05, 3.63) is 64.3 Å². The van der Waals surface area contributed by atoms with E-state index in [2.05, 4.69) is 10.5 Å². The molecular weight excluding hydrogens is 366 g/mol. The van der Waals surface area contributed by atoms with E-state index >= 15 is 0 Å². The number of methoxy groups -OCH3 is 2. The molecule has 1 heterocycles. The molecule has 0 atom stereocenters.